The third-order valence-corrected chi connectivity index (χ3v) is 3.36. The molecule has 0 aliphatic carbocycles. The molecule has 0 aliphatic rings. The van der Waals surface area contributed by atoms with Crippen LogP contribution in [0.5, 0.6) is 0 Å². The molecule has 4 nitrogen and oxygen atoms in total. The Morgan fingerprint density at radius 1 is 1.56 bits per heavy atom. The molecule has 0 spiro atoms. The molecule has 0 radical (unpaired) electrons. The summed E-state index contributed by atoms with van der Waals surface area (Å²) in [6, 6.07) is 7.60. The van der Waals surface area contributed by atoms with Gasteiger partial charge in [-0.05, 0) is 12.1 Å². The molecule has 1 aromatic heterocycles. The molecule has 1 N–H and O–H groups in total. The fourth-order valence-electron chi connectivity index (χ4n) is 1.72. The number of halogens is 2. The van der Waals surface area contributed by atoms with Crippen LogP contribution in [0.4, 0.5) is 0 Å². The third kappa shape index (κ3) is 2.57. The highest BCUT2D eigenvalue weighted by Gasteiger charge is 2.16. The summed E-state index contributed by atoms with van der Waals surface area (Å²) < 4.78 is 2.64. The van der Waals surface area contributed by atoms with Crippen LogP contribution in [0.1, 0.15) is 5.69 Å². The van der Waals surface area contributed by atoms with Crippen molar-refractivity contribution in [2.75, 3.05) is 0 Å². The van der Waals surface area contributed by atoms with E-state index in [4.69, 9.17) is 16.7 Å². The molecule has 0 bridgehead atoms. The molecule has 6 heteroatoms. The minimum absolute atomic E-state index is 0.143. The molecule has 0 atom stereocenters. The highest BCUT2D eigenvalue weighted by atomic mass is 79.9. The lowest BCUT2D eigenvalue weighted by Crippen LogP contribution is -2.06. The summed E-state index contributed by atoms with van der Waals surface area (Å²) in [7, 11) is 1.76. The minimum atomic E-state index is -0.930. The standard InChI is InChI=1S/C12H10BrClN2O2/c1-16-9(6-10(17)18)11(14)15-12(16)7-3-2-4-8(13)5-7/h2-5H,6H2,1H3,(H,17,18). The topological polar surface area (TPSA) is 55.1 Å². The second-order valence-electron chi connectivity index (χ2n) is 3.81. The first-order valence-corrected chi connectivity index (χ1v) is 6.35. The van der Waals surface area contributed by atoms with Gasteiger partial charge in [0.2, 0.25) is 0 Å². The number of carboxylic acids is 1. The number of hydrogen-bond donors (Lipinski definition) is 1. The van der Waals surface area contributed by atoms with Crippen molar-refractivity contribution in [3.05, 3.63) is 39.6 Å². The number of benzene rings is 1. The molecule has 0 saturated heterocycles. The van der Waals surface area contributed by atoms with Crippen molar-refractivity contribution in [1.82, 2.24) is 9.55 Å². The fraction of sp³-hybridized carbons (Fsp3) is 0.167. The first-order chi connectivity index (χ1) is 8.49. The lowest BCUT2D eigenvalue weighted by molar-refractivity contribution is -0.136. The smallest absolute Gasteiger partial charge is 0.309 e. The van der Waals surface area contributed by atoms with Gasteiger partial charge in [0.15, 0.2) is 5.15 Å². The van der Waals surface area contributed by atoms with Crippen molar-refractivity contribution in [2.45, 2.75) is 6.42 Å². The SMILES string of the molecule is Cn1c(-c2cccc(Br)c2)nc(Cl)c1CC(=O)O. The highest BCUT2D eigenvalue weighted by molar-refractivity contribution is 9.10. The van der Waals surface area contributed by atoms with Gasteiger partial charge in [-0.2, -0.15) is 0 Å². The molecule has 1 aromatic carbocycles. The van der Waals surface area contributed by atoms with Crippen LogP contribution in [0.3, 0.4) is 0 Å². The van der Waals surface area contributed by atoms with Gasteiger partial charge in [-0.25, -0.2) is 4.98 Å². The zero-order chi connectivity index (χ0) is 13.3. The predicted molar refractivity (Wildman–Crippen MR) is 72.7 cm³/mol. The van der Waals surface area contributed by atoms with Gasteiger partial charge >= 0.3 is 5.97 Å². The van der Waals surface area contributed by atoms with Crippen LogP contribution in [0.2, 0.25) is 5.15 Å². The van der Waals surface area contributed by atoms with Crippen LogP contribution in [0, 0.1) is 0 Å². The van der Waals surface area contributed by atoms with Crippen LogP contribution >= 0.6 is 27.5 Å². The van der Waals surface area contributed by atoms with Gasteiger partial charge in [0, 0.05) is 17.1 Å². The second-order valence-corrected chi connectivity index (χ2v) is 5.09. The van der Waals surface area contributed by atoms with Gasteiger partial charge in [0.1, 0.15) is 5.82 Å². The quantitative estimate of drug-likeness (QED) is 0.941. The third-order valence-electron chi connectivity index (χ3n) is 2.57. The monoisotopic (exact) mass is 328 g/mol. The summed E-state index contributed by atoms with van der Waals surface area (Å²) in [5.41, 5.74) is 1.38. The zero-order valence-electron chi connectivity index (χ0n) is 9.52. The fourth-order valence-corrected chi connectivity index (χ4v) is 2.39. The van der Waals surface area contributed by atoms with Gasteiger partial charge in [-0.1, -0.05) is 39.7 Å². The van der Waals surface area contributed by atoms with Crippen molar-refractivity contribution in [1.29, 1.82) is 0 Å². The van der Waals surface area contributed by atoms with Gasteiger partial charge < -0.3 is 9.67 Å². The molecule has 1 heterocycles. The normalized spacial score (nSPS) is 10.6. The van der Waals surface area contributed by atoms with E-state index in [-0.39, 0.29) is 11.6 Å². The molecule has 0 unspecified atom stereocenters. The number of carboxylic acid groups (broad SMARTS) is 1. The number of nitrogens with zero attached hydrogens (tertiary/aromatic N) is 2. The lowest BCUT2D eigenvalue weighted by Gasteiger charge is -2.04. The number of rotatable bonds is 3. The highest BCUT2D eigenvalue weighted by Crippen LogP contribution is 2.26. The van der Waals surface area contributed by atoms with E-state index in [1.807, 2.05) is 24.3 Å². The molecule has 0 saturated carbocycles. The molecule has 18 heavy (non-hydrogen) atoms. The van der Waals surface area contributed by atoms with E-state index in [2.05, 4.69) is 20.9 Å². The van der Waals surface area contributed by atoms with Crippen LogP contribution in [-0.4, -0.2) is 20.6 Å². The molecule has 0 amide bonds. The summed E-state index contributed by atoms with van der Waals surface area (Å²) in [6.45, 7) is 0. The summed E-state index contributed by atoms with van der Waals surface area (Å²) in [5, 5.41) is 9.06. The van der Waals surface area contributed by atoms with E-state index in [9.17, 15) is 4.79 Å². The van der Waals surface area contributed by atoms with Gasteiger partial charge in [0.05, 0.1) is 12.1 Å². The summed E-state index contributed by atoms with van der Waals surface area (Å²) in [5.74, 6) is -0.279. The predicted octanol–water partition coefficient (Wildman–Crippen LogP) is 3.13. The van der Waals surface area contributed by atoms with E-state index in [1.54, 1.807) is 11.6 Å². The van der Waals surface area contributed by atoms with E-state index < -0.39 is 5.97 Å². The van der Waals surface area contributed by atoms with Crippen LogP contribution in [0.15, 0.2) is 28.7 Å². The maximum Gasteiger partial charge on any atom is 0.309 e. The Labute approximate surface area is 117 Å². The Bertz CT molecular complexity index is 610. The van der Waals surface area contributed by atoms with Crippen LogP contribution in [-0.2, 0) is 18.3 Å². The van der Waals surface area contributed by atoms with Crippen molar-refractivity contribution < 1.29 is 9.90 Å². The molecule has 0 aliphatic heterocycles. The Morgan fingerprint density at radius 2 is 2.28 bits per heavy atom. The Hall–Kier alpha value is -1.33. The molecule has 94 valence electrons. The minimum Gasteiger partial charge on any atom is -0.481 e. The van der Waals surface area contributed by atoms with Crippen LogP contribution < -0.4 is 0 Å². The van der Waals surface area contributed by atoms with Gasteiger partial charge in [-0.15, -0.1) is 0 Å². The first-order valence-electron chi connectivity index (χ1n) is 5.18. The van der Waals surface area contributed by atoms with E-state index in [0.717, 1.165) is 10.0 Å². The maximum atomic E-state index is 10.8. The zero-order valence-corrected chi connectivity index (χ0v) is 11.9. The summed E-state index contributed by atoms with van der Waals surface area (Å²) in [6.07, 6.45) is -0.143. The maximum absolute atomic E-state index is 10.8. The molecule has 2 aromatic rings. The summed E-state index contributed by atoms with van der Waals surface area (Å²) in [4.78, 5) is 15.0. The van der Waals surface area contributed by atoms with Crippen molar-refractivity contribution >= 4 is 33.5 Å². The Morgan fingerprint density at radius 3 is 2.89 bits per heavy atom. The number of imidazole rings is 1. The molecule has 2 rings (SSSR count). The van der Waals surface area contributed by atoms with E-state index >= 15 is 0 Å². The average molecular weight is 330 g/mol. The summed E-state index contributed by atoms with van der Waals surface area (Å²) >= 11 is 9.36. The van der Waals surface area contributed by atoms with E-state index in [0.29, 0.717) is 11.5 Å². The van der Waals surface area contributed by atoms with E-state index in [1.165, 1.54) is 0 Å². The average Bonchev–Trinajstić information content (AvgIpc) is 2.56. The van der Waals surface area contributed by atoms with Crippen LogP contribution in [0.25, 0.3) is 11.4 Å². The van der Waals surface area contributed by atoms with Gasteiger partial charge in [0.25, 0.3) is 0 Å². The number of aromatic nitrogens is 2. The number of carbonyl (C=O) groups is 1. The Kier molecular flexibility index (Phi) is 3.73. The Balaban J connectivity index is 2.50. The number of aliphatic carboxylic acids is 1. The van der Waals surface area contributed by atoms with Crippen molar-refractivity contribution in [2.24, 2.45) is 7.05 Å². The molecule has 0 fully saturated rings. The second kappa shape index (κ2) is 5.12. The van der Waals surface area contributed by atoms with Gasteiger partial charge in [-0.3, -0.25) is 4.79 Å². The number of hydrogen-bond acceptors (Lipinski definition) is 2. The van der Waals surface area contributed by atoms with Crippen molar-refractivity contribution in [3.63, 3.8) is 0 Å². The first kappa shape index (κ1) is 13.1. The molecular formula is C12H10BrClN2O2. The van der Waals surface area contributed by atoms with Crippen molar-refractivity contribution in [3.8, 4) is 11.4 Å². The molecular weight excluding hydrogens is 320 g/mol. The largest absolute Gasteiger partial charge is 0.481 e. The lowest BCUT2D eigenvalue weighted by atomic mass is 10.2.